The fraction of sp³-hybridized carbons (Fsp3) is 0.312. The lowest BCUT2D eigenvalue weighted by Gasteiger charge is -2.09. The van der Waals surface area contributed by atoms with E-state index in [4.69, 9.17) is 4.74 Å². The molecule has 5 nitrogen and oxygen atoms in total. The van der Waals surface area contributed by atoms with Gasteiger partial charge in [-0.15, -0.1) is 0 Å². The summed E-state index contributed by atoms with van der Waals surface area (Å²) >= 11 is 0. The minimum atomic E-state index is -0.394. The van der Waals surface area contributed by atoms with Gasteiger partial charge in [0.1, 0.15) is 0 Å². The summed E-state index contributed by atoms with van der Waals surface area (Å²) in [7, 11) is 1.55. The summed E-state index contributed by atoms with van der Waals surface area (Å²) in [5, 5.41) is 4.32. The summed E-state index contributed by atoms with van der Waals surface area (Å²) < 4.78 is 6.24. The van der Waals surface area contributed by atoms with E-state index in [1.54, 1.807) is 7.11 Å². The Morgan fingerprint density at radius 1 is 1.24 bits per heavy atom. The van der Waals surface area contributed by atoms with Crippen LogP contribution in [-0.2, 0) is 11.3 Å². The number of hydrogen-bond donors (Lipinski definition) is 0. The molecule has 0 atom stereocenters. The number of aryl methyl sites for hydroxylation is 2. The lowest BCUT2D eigenvalue weighted by Crippen LogP contribution is -2.28. The van der Waals surface area contributed by atoms with Gasteiger partial charge in [0.15, 0.2) is 6.29 Å². The van der Waals surface area contributed by atoms with Crippen LogP contribution in [0.2, 0.25) is 0 Å². The summed E-state index contributed by atoms with van der Waals surface area (Å²) in [6, 6.07) is 7.46. The maximum absolute atomic E-state index is 12.0. The Balaban J connectivity index is 2.54. The van der Waals surface area contributed by atoms with E-state index in [0.29, 0.717) is 25.1 Å². The molecule has 1 heterocycles. The standard InChI is InChI=1S/C16H18N2O3/c1-11-4-5-13(8-12(11)2)15-9-14(10-19)16(20)18(17-15)6-7-21-3/h4-5,8-10H,6-7H2,1-3H3. The highest BCUT2D eigenvalue weighted by molar-refractivity contribution is 5.77. The van der Waals surface area contributed by atoms with Crippen molar-refractivity contribution in [2.24, 2.45) is 0 Å². The molecule has 5 heteroatoms. The van der Waals surface area contributed by atoms with Gasteiger partial charge in [-0.2, -0.15) is 5.10 Å². The lowest BCUT2D eigenvalue weighted by atomic mass is 10.0. The largest absolute Gasteiger partial charge is 0.383 e. The number of carbonyl (C=O) groups is 1. The molecule has 0 aliphatic heterocycles. The second-order valence-electron chi connectivity index (χ2n) is 4.92. The Kier molecular flexibility index (Phi) is 4.65. The van der Waals surface area contributed by atoms with Crippen molar-refractivity contribution in [3.63, 3.8) is 0 Å². The minimum Gasteiger partial charge on any atom is -0.383 e. The van der Waals surface area contributed by atoms with Crippen LogP contribution in [0.3, 0.4) is 0 Å². The Hall–Kier alpha value is -2.27. The first-order chi connectivity index (χ1) is 10.1. The van der Waals surface area contributed by atoms with Gasteiger partial charge in [-0.1, -0.05) is 12.1 Å². The summed E-state index contributed by atoms with van der Waals surface area (Å²) in [6.07, 6.45) is 0.567. The molecular weight excluding hydrogens is 268 g/mol. The van der Waals surface area contributed by atoms with Gasteiger partial charge in [0, 0.05) is 12.7 Å². The first-order valence-corrected chi connectivity index (χ1v) is 6.70. The number of carbonyl (C=O) groups excluding carboxylic acids is 1. The molecule has 2 rings (SSSR count). The first kappa shape index (κ1) is 15.1. The monoisotopic (exact) mass is 286 g/mol. The number of rotatable bonds is 5. The highest BCUT2D eigenvalue weighted by Crippen LogP contribution is 2.19. The Morgan fingerprint density at radius 3 is 2.62 bits per heavy atom. The van der Waals surface area contributed by atoms with E-state index in [0.717, 1.165) is 11.1 Å². The van der Waals surface area contributed by atoms with Gasteiger partial charge in [-0.3, -0.25) is 9.59 Å². The van der Waals surface area contributed by atoms with E-state index in [1.165, 1.54) is 16.3 Å². The van der Waals surface area contributed by atoms with Crippen molar-refractivity contribution in [1.29, 1.82) is 0 Å². The van der Waals surface area contributed by atoms with Gasteiger partial charge in [0.05, 0.1) is 24.4 Å². The zero-order valence-corrected chi connectivity index (χ0v) is 12.4. The number of hydrogen-bond acceptors (Lipinski definition) is 4. The van der Waals surface area contributed by atoms with Crippen LogP contribution in [0.5, 0.6) is 0 Å². The summed E-state index contributed by atoms with van der Waals surface area (Å²) in [5.41, 5.74) is 3.52. The van der Waals surface area contributed by atoms with Crippen molar-refractivity contribution in [3.05, 3.63) is 51.3 Å². The van der Waals surface area contributed by atoms with Crippen molar-refractivity contribution < 1.29 is 9.53 Å². The van der Waals surface area contributed by atoms with Crippen molar-refractivity contribution in [2.45, 2.75) is 20.4 Å². The fourth-order valence-corrected chi connectivity index (χ4v) is 2.02. The highest BCUT2D eigenvalue weighted by atomic mass is 16.5. The summed E-state index contributed by atoms with van der Waals surface area (Å²) in [4.78, 5) is 23.1. The van der Waals surface area contributed by atoms with E-state index < -0.39 is 5.56 Å². The third kappa shape index (κ3) is 3.25. The normalized spacial score (nSPS) is 10.6. The molecule has 0 N–H and O–H groups in total. The maximum Gasteiger partial charge on any atom is 0.277 e. The van der Waals surface area contributed by atoms with E-state index in [9.17, 15) is 9.59 Å². The van der Waals surface area contributed by atoms with Gasteiger partial charge in [-0.05, 0) is 37.1 Å². The zero-order chi connectivity index (χ0) is 15.4. The van der Waals surface area contributed by atoms with Crippen LogP contribution in [0.1, 0.15) is 21.5 Å². The number of aldehydes is 1. The number of nitrogens with zero attached hydrogens (tertiary/aromatic N) is 2. The van der Waals surface area contributed by atoms with Crippen LogP contribution in [0.4, 0.5) is 0 Å². The molecular formula is C16H18N2O3. The second-order valence-corrected chi connectivity index (χ2v) is 4.92. The van der Waals surface area contributed by atoms with Crippen molar-refractivity contribution in [3.8, 4) is 11.3 Å². The van der Waals surface area contributed by atoms with Crippen LogP contribution in [0.25, 0.3) is 11.3 Å². The summed E-state index contributed by atoms with van der Waals surface area (Å²) in [6.45, 7) is 4.72. The molecule has 0 radical (unpaired) electrons. The molecule has 0 amide bonds. The average molecular weight is 286 g/mol. The minimum absolute atomic E-state index is 0.106. The summed E-state index contributed by atoms with van der Waals surface area (Å²) in [5.74, 6) is 0. The van der Waals surface area contributed by atoms with Crippen molar-refractivity contribution in [1.82, 2.24) is 9.78 Å². The van der Waals surface area contributed by atoms with Crippen LogP contribution in [0.15, 0.2) is 29.1 Å². The third-order valence-electron chi connectivity index (χ3n) is 3.44. The number of methoxy groups -OCH3 is 1. The number of ether oxygens (including phenoxy) is 1. The molecule has 0 unspecified atom stereocenters. The van der Waals surface area contributed by atoms with Crippen molar-refractivity contribution >= 4 is 6.29 Å². The zero-order valence-electron chi connectivity index (χ0n) is 12.4. The van der Waals surface area contributed by atoms with Crippen LogP contribution in [-0.4, -0.2) is 29.8 Å². The number of aromatic nitrogens is 2. The average Bonchev–Trinajstić information content (AvgIpc) is 2.49. The van der Waals surface area contributed by atoms with Gasteiger partial charge < -0.3 is 4.74 Å². The molecule has 0 aliphatic carbocycles. The highest BCUT2D eigenvalue weighted by Gasteiger charge is 2.10. The van der Waals surface area contributed by atoms with Crippen LogP contribution >= 0.6 is 0 Å². The smallest absolute Gasteiger partial charge is 0.277 e. The molecule has 0 aliphatic rings. The molecule has 110 valence electrons. The van der Waals surface area contributed by atoms with E-state index in [-0.39, 0.29) is 5.56 Å². The Labute approximate surface area is 123 Å². The Morgan fingerprint density at radius 2 is 2.00 bits per heavy atom. The van der Waals surface area contributed by atoms with E-state index >= 15 is 0 Å². The number of benzene rings is 1. The molecule has 0 fully saturated rings. The van der Waals surface area contributed by atoms with E-state index in [2.05, 4.69) is 5.10 Å². The molecule has 1 aromatic heterocycles. The molecule has 0 bridgehead atoms. The van der Waals surface area contributed by atoms with Gasteiger partial charge in [0.25, 0.3) is 5.56 Å². The lowest BCUT2D eigenvalue weighted by molar-refractivity contribution is 0.112. The molecule has 0 spiro atoms. The SMILES string of the molecule is COCCn1nc(-c2ccc(C)c(C)c2)cc(C=O)c1=O. The topological polar surface area (TPSA) is 61.2 Å². The Bertz CT molecular complexity index is 720. The van der Waals surface area contributed by atoms with Crippen LogP contribution in [0, 0.1) is 13.8 Å². The van der Waals surface area contributed by atoms with Gasteiger partial charge >= 0.3 is 0 Å². The van der Waals surface area contributed by atoms with Crippen LogP contribution < -0.4 is 5.56 Å². The van der Waals surface area contributed by atoms with Crippen molar-refractivity contribution in [2.75, 3.05) is 13.7 Å². The molecule has 0 saturated heterocycles. The van der Waals surface area contributed by atoms with E-state index in [1.807, 2.05) is 32.0 Å². The molecule has 1 aromatic carbocycles. The second kappa shape index (κ2) is 6.45. The quantitative estimate of drug-likeness (QED) is 0.789. The fourth-order valence-electron chi connectivity index (χ4n) is 2.02. The molecule has 2 aromatic rings. The first-order valence-electron chi connectivity index (χ1n) is 6.70. The molecule has 21 heavy (non-hydrogen) atoms. The van der Waals surface area contributed by atoms with Gasteiger partial charge in [-0.25, -0.2) is 4.68 Å². The van der Waals surface area contributed by atoms with Gasteiger partial charge in [0.2, 0.25) is 0 Å². The predicted molar refractivity (Wildman–Crippen MR) is 80.7 cm³/mol. The molecule has 0 saturated carbocycles. The third-order valence-corrected chi connectivity index (χ3v) is 3.44. The predicted octanol–water partition coefficient (Wildman–Crippen LogP) is 1.99. The maximum atomic E-state index is 12.0.